The van der Waals surface area contributed by atoms with Crippen LogP contribution in [0.15, 0.2) is 0 Å². The molecule has 0 saturated carbocycles. The monoisotopic (exact) mass is 204 g/mol. The fourth-order valence-corrected chi connectivity index (χ4v) is 1.95. The normalized spacial score (nSPS) is 11.1. The van der Waals surface area contributed by atoms with Crippen molar-refractivity contribution in [3.8, 4) is 6.07 Å². The Labute approximate surface area is 80.0 Å². The van der Waals surface area contributed by atoms with Crippen LogP contribution >= 0.6 is 0 Å². The standard InChI is InChI=1S/C8H16N2O2S/c1-2-3-4-5-8-13(11,12)10-7-6-9/h10H,2-5,7-8H2,1H3. The first-order valence-corrected chi connectivity index (χ1v) is 6.12. The molecule has 0 heterocycles. The van der Waals surface area contributed by atoms with Crippen molar-refractivity contribution < 1.29 is 8.42 Å². The van der Waals surface area contributed by atoms with Crippen LogP contribution in [0.3, 0.4) is 0 Å². The summed E-state index contributed by atoms with van der Waals surface area (Å²) >= 11 is 0. The van der Waals surface area contributed by atoms with Gasteiger partial charge in [0.15, 0.2) is 0 Å². The van der Waals surface area contributed by atoms with Gasteiger partial charge in [0, 0.05) is 0 Å². The van der Waals surface area contributed by atoms with E-state index in [0.717, 1.165) is 19.3 Å². The quantitative estimate of drug-likeness (QED) is 0.497. The Morgan fingerprint density at radius 1 is 1.31 bits per heavy atom. The molecule has 5 heteroatoms. The predicted molar refractivity (Wildman–Crippen MR) is 51.5 cm³/mol. The molecule has 0 aromatic heterocycles. The average Bonchev–Trinajstić information content (AvgIpc) is 2.09. The first-order chi connectivity index (χ1) is 6.12. The van der Waals surface area contributed by atoms with Crippen molar-refractivity contribution >= 4 is 10.0 Å². The van der Waals surface area contributed by atoms with E-state index < -0.39 is 10.0 Å². The second kappa shape index (κ2) is 6.87. The van der Waals surface area contributed by atoms with E-state index in [1.165, 1.54) is 0 Å². The molecule has 0 aromatic carbocycles. The molecule has 4 nitrogen and oxygen atoms in total. The van der Waals surface area contributed by atoms with Gasteiger partial charge in [-0.2, -0.15) is 5.26 Å². The lowest BCUT2D eigenvalue weighted by molar-refractivity contribution is 0.579. The van der Waals surface area contributed by atoms with Crippen molar-refractivity contribution in [2.75, 3.05) is 12.3 Å². The molecule has 0 spiro atoms. The van der Waals surface area contributed by atoms with E-state index in [0.29, 0.717) is 6.42 Å². The van der Waals surface area contributed by atoms with E-state index in [-0.39, 0.29) is 12.3 Å². The first-order valence-electron chi connectivity index (χ1n) is 4.46. The zero-order chi connectivity index (χ0) is 10.2. The molecule has 0 rings (SSSR count). The Balaban J connectivity index is 3.59. The van der Waals surface area contributed by atoms with E-state index in [2.05, 4.69) is 11.6 Å². The molecule has 0 atom stereocenters. The first kappa shape index (κ1) is 12.4. The fourth-order valence-electron chi connectivity index (χ4n) is 0.933. The van der Waals surface area contributed by atoms with Crippen LogP contribution < -0.4 is 4.72 Å². The van der Waals surface area contributed by atoms with Gasteiger partial charge in [0.05, 0.1) is 18.4 Å². The third kappa shape index (κ3) is 7.75. The summed E-state index contributed by atoms with van der Waals surface area (Å²) in [6.45, 7) is 1.94. The van der Waals surface area contributed by atoms with Crippen LogP contribution in [0.4, 0.5) is 0 Å². The molecule has 0 bridgehead atoms. The number of hydrogen-bond donors (Lipinski definition) is 1. The molecular formula is C8H16N2O2S. The van der Waals surface area contributed by atoms with Gasteiger partial charge in [-0.3, -0.25) is 0 Å². The number of nitrogens with zero attached hydrogens (tertiary/aromatic N) is 1. The van der Waals surface area contributed by atoms with Crippen LogP contribution in [0.5, 0.6) is 0 Å². The molecule has 0 unspecified atom stereocenters. The minimum atomic E-state index is -3.20. The average molecular weight is 204 g/mol. The third-order valence-corrected chi connectivity index (χ3v) is 3.05. The lowest BCUT2D eigenvalue weighted by Gasteiger charge is -2.02. The molecule has 0 radical (unpaired) electrons. The lowest BCUT2D eigenvalue weighted by Crippen LogP contribution is -2.26. The van der Waals surface area contributed by atoms with E-state index >= 15 is 0 Å². The van der Waals surface area contributed by atoms with Crippen LogP contribution in [-0.2, 0) is 10.0 Å². The van der Waals surface area contributed by atoms with Gasteiger partial charge in [0.1, 0.15) is 0 Å². The summed E-state index contributed by atoms with van der Waals surface area (Å²) in [6.07, 6.45) is 3.76. The van der Waals surface area contributed by atoms with Crippen molar-refractivity contribution in [1.29, 1.82) is 5.26 Å². The molecule has 0 amide bonds. The lowest BCUT2D eigenvalue weighted by atomic mass is 10.2. The van der Waals surface area contributed by atoms with Crippen molar-refractivity contribution in [2.45, 2.75) is 32.6 Å². The van der Waals surface area contributed by atoms with Gasteiger partial charge < -0.3 is 0 Å². The number of hydrogen-bond acceptors (Lipinski definition) is 3. The van der Waals surface area contributed by atoms with Crippen LogP contribution in [0.25, 0.3) is 0 Å². The highest BCUT2D eigenvalue weighted by atomic mass is 32.2. The number of unbranched alkanes of at least 4 members (excludes halogenated alkanes) is 3. The highest BCUT2D eigenvalue weighted by Gasteiger charge is 2.07. The molecule has 0 fully saturated rings. The molecule has 76 valence electrons. The summed E-state index contributed by atoms with van der Waals surface area (Å²) in [6, 6.07) is 1.74. The smallest absolute Gasteiger partial charge is 0.212 e. The number of nitriles is 1. The van der Waals surface area contributed by atoms with Crippen LogP contribution in [0.1, 0.15) is 32.6 Å². The van der Waals surface area contributed by atoms with Crippen LogP contribution in [-0.4, -0.2) is 20.7 Å². The molecule has 1 N–H and O–H groups in total. The van der Waals surface area contributed by atoms with Gasteiger partial charge >= 0.3 is 0 Å². The Hall–Kier alpha value is -0.600. The second-order valence-corrected chi connectivity index (χ2v) is 4.79. The molecule has 0 aliphatic carbocycles. The molecule has 0 aromatic rings. The van der Waals surface area contributed by atoms with Gasteiger partial charge in [-0.05, 0) is 6.42 Å². The van der Waals surface area contributed by atoms with E-state index in [9.17, 15) is 8.42 Å². The maximum atomic E-state index is 11.1. The second-order valence-electron chi connectivity index (χ2n) is 2.86. The number of nitrogens with one attached hydrogen (secondary N) is 1. The summed E-state index contributed by atoms with van der Waals surface area (Å²) in [7, 11) is -3.20. The maximum absolute atomic E-state index is 11.1. The SMILES string of the molecule is CCCCCCS(=O)(=O)NCC#N. The highest BCUT2D eigenvalue weighted by Crippen LogP contribution is 2.00. The Morgan fingerprint density at radius 3 is 2.54 bits per heavy atom. The van der Waals surface area contributed by atoms with Crippen LogP contribution in [0.2, 0.25) is 0 Å². The van der Waals surface area contributed by atoms with E-state index in [4.69, 9.17) is 5.26 Å². The molecule has 0 aliphatic rings. The minimum absolute atomic E-state index is 0.129. The van der Waals surface area contributed by atoms with Gasteiger partial charge in [-0.1, -0.05) is 26.2 Å². The number of rotatable bonds is 7. The van der Waals surface area contributed by atoms with Gasteiger partial charge in [-0.25, -0.2) is 13.1 Å². The summed E-state index contributed by atoms with van der Waals surface area (Å²) < 4.78 is 24.4. The van der Waals surface area contributed by atoms with Crippen molar-refractivity contribution in [2.24, 2.45) is 0 Å². The fraction of sp³-hybridized carbons (Fsp3) is 0.875. The Morgan fingerprint density at radius 2 is 2.00 bits per heavy atom. The highest BCUT2D eigenvalue weighted by molar-refractivity contribution is 7.89. The molecule has 0 saturated heterocycles. The Kier molecular flexibility index (Phi) is 6.55. The maximum Gasteiger partial charge on any atom is 0.212 e. The number of sulfonamides is 1. The summed E-state index contributed by atoms with van der Waals surface area (Å²) in [5.74, 6) is 0.134. The van der Waals surface area contributed by atoms with Crippen molar-refractivity contribution in [3.63, 3.8) is 0 Å². The zero-order valence-electron chi connectivity index (χ0n) is 7.91. The van der Waals surface area contributed by atoms with Crippen molar-refractivity contribution in [3.05, 3.63) is 0 Å². The van der Waals surface area contributed by atoms with Crippen molar-refractivity contribution in [1.82, 2.24) is 4.72 Å². The summed E-state index contributed by atoms with van der Waals surface area (Å²) in [5.41, 5.74) is 0. The largest absolute Gasteiger partial charge is 0.212 e. The third-order valence-electron chi connectivity index (χ3n) is 1.64. The predicted octanol–water partition coefficient (Wildman–Crippen LogP) is 1.01. The Bertz CT molecular complexity index is 254. The van der Waals surface area contributed by atoms with E-state index in [1.54, 1.807) is 6.07 Å². The molecular weight excluding hydrogens is 188 g/mol. The zero-order valence-corrected chi connectivity index (χ0v) is 8.73. The summed E-state index contributed by atoms with van der Waals surface area (Å²) in [5, 5.41) is 8.16. The molecule has 0 aliphatic heterocycles. The van der Waals surface area contributed by atoms with Gasteiger partial charge in [-0.15, -0.1) is 0 Å². The van der Waals surface area contributed by atoms with Gasteiger partial charge in [0.25, 0.3) is 0 Å². The van der Waals surface area contributed by atoms with E-state index in [1.807, 2.05) is 0 Å². The topological polar surface area (TPSA) is 70.0 Å². The minimum Gasteiger partial charge on any atom is -0.212 e. The van der Waals surface area contributed by atoms with Crippen LogP contribution in [0, 0.1) is 11.3 Å². The van der Waals surface area contributed by atoms with Gasteiger partial charge in [0.2, 0.25) is 10.0 Å². The molecule has 13 heavy (non-hydrogen) atoms. The summed E-state index contributed by atoms with van der Waals surface area (Å²) in [4.78, 5) is 0.